The minimum atomic E-state index is 0.169. The maximum absolute atomic E-state index is 6.54. The third-order valence-corrected chi connectivity index (χ3v) is 8.19. The average molecular weight is 570 g/mol. The molecule has 0 saturated heterocycles. The Morgan fingerprint density at radius 3 is 1.72 bits per heavy atom. The Bertz CT molecular complexity index is 2310. The van der Waals surface area contributed by atoms with Gasteiger partial charge in [-0.25, -0.2) is 4.98 Å². The van der Waals surface area contributed by atoms with E-state index in [1.54, 1.807) is 0 Å². The number of hydrogen-bond donors (Lipinski definition) is 0. The Kier molecular flexibility index (Phi) is 6.17. The maximum atomic E-state index is 6.54. The van der Waals surface area contributed by atoms with E-state index in [1.807, 2.05) is 30.3 Å². The normalized spacial score (nSPS) is 11.4. The molecule has 7 aromatic carbocycles. The van der Waals surface area contributed by atoms with Gasteiger partial charge < -0.3 is 0 Å². The standard InChI is InChI=1S/C39H24ClN3/c40-39-42-37(41-38(43-39)36-24-31-11-4-5-14-33(31)34-15-6-7-16-35(34)36)32-13-8-12-26(23-32)28-19-20-29-21-27(17-18-30(29)22-28)25-9-2-1-3-10-25/h1-24H. The SMILES string of the molecule is Clc1nc(-c2cccc(-c3ccc4cc(-c5ccccc5)ccc4c3)c2)nc(-c2cc3ccccc3c3ccccc23)n1. The molecule has 202 valence electrons. The molecule has 0 saturated carbocycles. The number of benzene rings is 7. The number of fused-ring (bicyclic) bond motifs is 4. The minimum Gasteiger partial charge on any atom is -0.208 e. The predicted molar refractivity (Wildman–Crippen MR) is 179 cm³/mol. The van der Waals surface area contributed by atoms with Gasteiger partial charge in [-0.3, -0.25) is 0 Å². The molecule has 0 radical (unpaired) electrons. The third-order valence-electron chi connectivity index (χ3n) is 8.02. The highest BCUT2D eigenvalue weighted by Crippen LogP contribution is 2.35. The molecule has 0 aliphatic carbocycles. The molecule has 0 spiro atoms. The van der Waals surface area contributed by atoms with Crippen LogP contribution in [0, 0.1) is 0 Å². The summed E-state index contributed by atoms with van der Waals surface area (Å²) in [5, 5.41) is 7.12. The van der Waals surface area contributed by atoms with Gasteiger partial charge in [-0.05, 0) is 90.4 Å². The van der Waals surface area contributed by atoms with Gasteiger partial charge in [-0.15, -0.1) is 0 Å². The van der Waals surface area contributed by atoms with Crippen LogP contribution in [0.2, 0.25) is 5.28 Å². The summed E-state index contributed by atoms with van der Waals surface area (Å²) in [5.74, 6) is 1.10. The first kappa shape index (κ1) is 25.3. The van der Waals surface area contributed by atoms with Gasteiger partial charge >= 0.3 is 0 Å². The second kappa shape index (κ2) is 10.5. The van der Waals surface area contributed by atoms with Gasteiger partial charge in [-0.1, -0.05) is 121 Å². The molecule has 4 heteroatoms. The van der Waals surface area contributed by atoms with Gasteiger partial charge in [0, 0.05) is 11.1 Å². The number of rotatable bonds is 4. The van der Waals surface area contributed by atoms with Crippen LogP contribution in [0.5, 0.6) is 0 Å². The van der Waals surface area contributed by atoms with Crippen LogP contribution in [-0.4, -0.2) is 15.0 Å². The van der Waals surface area contributed by atoms with Crippen LogP contribution in [0.3, 0.4) is 0 Å². The second-order valence-corrected chi connectivity index (χ2v) is 11.0. The van der Waals surface area contributed by atoms with Crippen molar-refractivity contribution in [2.24, 2.45) is 0 Å². The van der Waals surface area contributed by atoms with Crippen LogP contribution in [-0.2, 0) is 0 Å². The molecule has 1 aromatic heterocycles. The highest BCUT2D eigenvalue weighted by molar-refractivity contribution is 6.28. The van der Waals surface area contributed by atoms with Crippen molar-refractivity contribution in [2.45, 2.75) is 0 Å². The highest BCUT2D eigenvalue weighted by Gasteiger charge is 2.15. The lowest BCUT2D eigenvalue weighted by Gasteiger charge is -2.11. The molecule has 8 rings (SSSR count). The van der Waals surface area contributed by atoms with Crippen molar-refractivity contribution in [1.82, 2.24) is 15.0 Å². The second-order valence-electron chi connectivity index (χ2n) is 10.7. The molecule has 8 aromatic rings. The third kappa shape index (κ3) is 4.70. The molecular formula is C39H24ClN3. The van der Waals surface area contributed by atoms with E-state index < -0.39 is 0 Å². The van der Waals surface area contributed by atoms with E-state index in [-0.39, 0.29) is 5.28 Å². The fourth-order valence-corrected chi connectivity index (χ4v) is 6.07. The summed E-state index contributed by atoms with van der Waals surface area (Å²) in [7, 11) is 0. The fourth-order valence-electron chi connectivity index (χ4n) is 5.91. The fraction of sp³-hybridized carbons (Fsp3) is 0. The molecule has 3 nitrogen and oxygen atoms in total. The van der Waals surface area contributed by atoms with Crippen LogP contribution in [0.25, 0.3) is 77.3 Å². The zero-order valence-corrected chi connectivity index (χ0v) is 23.8. The van der Waals surface area contributed by atoms with Crippen molar-refractivity contribution in [2.75, 3.05) is 0 Å². The smallest absolute Gasteiger partial charge is 0.208 e. The summed E-state index contributed by atoms with van der Waals surface area (Å²) in [6.07, 6.45) is 0. The average Bonchev–Trinajstić information content (AvgIpc) is 3.07. The van der Waals surface area contributed by atoms with Crippen molar-refractivity contribution >= 4 is 43.9 Å². The lowest BCUT2D eigenvalue weighted by molar-refractivity contribution is 1.07. The summed E-state index contributed by atoms with van der Waals surface area (Å²) < 4.78 is 0. The number of hydrogen-bond acceptors (Lipinski definition) is 3. The van der Waals surface area contributed by atoms with Crippen molar-refractivity contribution in [3.05, 3.63) is 151 Å². The summed E-state index contributed by atoms with van der Waals surface area (Å²) in [6.45, 7) is 0. The predicted octanol–water partition coefficient (Wildman–Crippen LogP) is 10.7. The molecule has 43 heavy (non-hydrogen) atoms. The van der Waals surface area contributed by atoms with E-state index >= 15 is 0 Å². The van der Waals surface area contributed by atoms with Gasteiger partial charge in [0.2, 0.25) is 5.28 Å². The first-order valence-corrected chi connectivity index (χ1v) is 14.6. The molecule has 0 fully saturated rings. The van der Waals surface area contributed by atoms with Crippen LogP contribution in [0.1, 0.15) is 0 Å². The summed E-state index contributed by atoms with van der Waals surface area (Å²) in [5.41, 5.74) is 6.45. The molecule has 0 atom stereocenters. The molecular weight excluding hydrogens is 546 g/mol. The molecule has 0 N–H and O–H groups in total. The first-order valence-electron chi connectivity index (χ1n) is 14.2. The van der Waals surface area contributed by atoms with E-state index in [1.165, 1.54) is 27.3 Å². The van der Waals surface area contributed by atoms with Crippen LogP contribution in [0.4, 0.5) is 0 Å². The zero-order chi connectivity index (χ0) is 28.8. The number of nitrogens with zero attached hydrogens (tertiary/aromatic N) is 3. The van der Waals surface area contributed by atoms with Crippen LogP contribution >= 0.6 is 11.6 Å². The Morgan fingerprint density at radius 2 is 0.930 bits per heavy atom. The molecule has 0 aliphatic rings. The van der Waals surface area contributed by atoms with Crippen molar-refractivity contribution in [3.63, 3.8) is 0 Å². The van der Waals surface area contributed by atoms with Crippen molar-refractivity contribution < 1.29 is 0 Å². The lowest BCUT2D eigenvalue weighted by atomic mass is 9.96. The molecule has 0 amide bonds. The van der Waals surface area contributed by atoms with Gasteiger partial charge in [0.1, 0.15) is 0 Å². The van der Waals surface area contributed by atoms with Gasteiger partial charge in [0.15, 0.2) is 11.6 Å². The van der Waals surface area contributed by atoms with E-state index in [9.17, 15) is 0 Å². The Labute approximate surface area is 254 Å². The van der Waals surface area contributed by atoms with Crippen LogP contribution < -0.4 is 0 Å². The van der Waals surface area contributed by atoms with E-state index in [0.717, 1.165) is 38.4 Å². The topological polar surface area (TPSA) is 38.7 Å². The largest absolute Gasteiger partial charge is 0.226 e. The monoisotopic (exact) mass is 569 g/mol. The van der Waals surface area contributed by atoms with Crippen molar-refractivity contribution in [1.29, 1.82) is 0 Å². The zero-order valence-electron chi connectivity index (χ0n) is 23.1. The summed E-state index contributed by atoms with van der Waals surface area (Å²) in [6, 6.07) is 50.8. The van der Waals surface area contributed by atoms with Gasteiger partial charge in [-0.2, -0.15) is 9.97 Å². The summed E-state index contributed by atoms with van der Waals surface area (Å²) in [4.78, 5) is 14.1. The molecule has 0 bridgehead atoms. The Balaban J connectivity index is 1.20. The van der Waals surface area contributed by atoms with Crippen LogP contribution in [0.15, 0.2) is 146 Å². The van der Waals surface area contributed by atoms with Crippen molar-refractivity contribution in [3.8, 4) is 45.0 Å². The van der Waals surface area contributed by atoms with Gasteiger partial charge in [0.05, 0.1) is 0 Å². The minimum absolute atomic E-state index is 0.169. The Morgan fingerprint density at radius 1 is 0.349 bits per heavy atom. The molecule has 1 heterocycles. The van der Waals surface area contributed by atoms with E-state index in [4.69, 9.17) is 16.6 Å². The number of aromatic nitrogens is 3. The van der Waals surface area contributed by atoms with E-state index in [0.29, 0.717) is 11.6 Å². The summed E-state index contributed by atoms with van der Waals surface area (Å²) >= 11 is 6.54. The quantitative estimate of drug-likeness (QED) is 0.198. The van der Waals surface area contributed by atoms with E-state index in [2.05, 4.69) is 125 Å². The highest BCUT2D eigenvalue weighted by atomic mass is 35.5. The first-order chi connectivity index (χ1) is 21.2. The molecule has 0 unspecified atom stereocenters. The maximum Gasteiger partial charge on any atom is 0.226 e. The van der Waals surface area contributed by atoms with Gasteiger partial charge in [0.25, 0.3) is 0 Å². The number of halogens is 1. The lowest BCUT2D eigenvalue weighted by Crippen LogP contribution is -1.98. The molecule has 0 aliphatic heterocycles. The Hall–Kier alpha value is -5.38.